The molecule has 1 aliphatic rings. The van der Waals surface area contributed by atoms with E-state index in [4.69, 9.17) is 16.3 Å². The lowest BCUT2D eigenvalue weighted by molar-refractivity contribution is 0.127. The summed E-state index contributed by atoms with van der Waals surface area (Å²) in [6.07, 6.45) is 1.30. The first kappa shape index (κ1) is 12.2. The van der Waals surface area contributed by atoms with Crippen LogP contribution in [0.25, 0.3) is 0 Å². The molecule has 0 saturated carbocycles. The molecule has 0 bridgehead atoms. The van der Waals surface area contributed by atoms with Gasteiger partial charge in [0.1, 0.15) is 0 Å². The van der Waals surface area contributed by atoms with Crippen molar-refractivity contribution in [3.63, 3.8) is 0 Å². The molecule has 0 spiro atoms. The average Bonchev–Trinajstić information content (AvgIpc) is 2.67. The van der Waals surface area contributed by atoms with E-state index in [1.807, 2.05) is 18.2 Å². The van der Waals surface area contributed by atoms with Crippen molar-refractivity contribution in [3.8, 4) is 0 Å². The van der Waals surface area contributed by atoms with E-state index in [0.717, 1.165) is 28.5 Å². The summed E-state index contributed by atoms with van der Waals surface area (Å²) in [5, 5.41) is 10.4. The average molecular weight is 259 g/mol. The molecule has 2 unspecified atom stereocenters. The molecular weight excluding hydrogens is 244 g/mol. The summed E-state index contributed by atoms with van der Waals surface area (Å²) in [5.41, 5.74) is 0.900. The number of thioether (sulfide) groups is 1. The molecule has 2 nitrogen and oxygen atoms in total. The van der Waals surface area contributed by atoms with Crippen molar-refractivity contribution >= 4 is 23.4 Å². The molecule has 2 rings (SSSR count). The van der Waals surface area contributed by atoms with Gasteiger partial charge in [-0.2, -0.15) is 0 Å². The minimum absolute atomic E-state index is 0.0326. The molecule has 1 N–H and O–H groups in total. The van der Waals surface area contributed by atoms with Crippen molar-refractivity contribution in [1.82, 2.24) is 0 Å². The van der Waals surface area contributed by atoms with Crippen LogP contribution >= 0.6 is 23.4 Å². The monoisotopic (exact) mass is 258 g/mol. The van der Waals surface area contributed by atoms with Gasteiger partial charge in [-0.05, 0) is 25.0 Å². The summed E-state index contributed by atoms with van der Waals surface area (Å²) >= 11 is 7.88. The largest absolute Gasteiger partial charge is 0.392 e. The lowest BCUT2D eigenvalue weighted by Gasteiger charge is -2.16. The van der Waals surface area contributed by atoms with Crippen LogP contribution in [0.15, 0.2) is 23.1 Å². The van der Waals surface area contributed by atoms with Crippen LogP contribution in [0.3, 0.4) is 0 Å². The molecule has 1 saturated heterocycles. The second kappa shape index (κ2) is 5.41. The maximum absolute atomic E-state index is 9.28. The molecule has 1 heterocycles. The number of aliphatic hydroxyl groups is 1. The lowest BCUT2D eigenvalue weighted by atomic mass is 10.2. The van der Waals surface area contributed by atoms with Gasteiger partial charge in [-0.1, -0.05) is 23.7 Å². The molecule has 0 aliphatic carbocycles. The van der Waals surface area contributed by atoms with Gasteiger partial charge in [-0.15, -0.1) is 11.8 Å². The highest BCUT2D eigenvalue weighted by atomic mass is 35.5. The fourth-order valence-corrected chi connectivity index (χ4v) is 3.41. The van der Waals surface area contributed by atoms with Crippen LogP contribution in [0.5, 0.6) is 0 Å². The summed E-state index contributed by atoms with van der Waals surface area (Å²) in [6, 6.07) is 5.64. The van der Waals surface area contributed by atoms with E-state index in [-0.39, 0.29) is 12.7 Å². The fourth-order valence-electron chi connectivity index (χ4n) is 1.83. The van der Waals surface area contributed by atoms with Crippen LogP contribution < -0.4 is 0 Å². The molecule has 16 heavy (non-hydrogen) atoms. The SMILES string of the molecule is CC1OCCC1Sc1c(Cl)cccc1CO. The van der Waals surface area contributed by atoms with Crippen LogP contribution in [-0.2, 0) is 11.3 Å². The van der Waals surface area contributed by atoms with Crippen molar-refractivity contribution in [2.45, 2.75) is 36.2 Å². The van der Waals surface area contributed by atoms with Gasteiger partial charge in [0.05, 0.1) is 17.7 Å². The van der Waals surface area contributed by atoms with E-state index in [1.165, 1.54) is 0 Å². The van der Waals surface area contributed by atoms with E-state index in [1.54, 1.807) is 11.8 Å². The zero-order chi connectivity index (χ0) is 11.5. The molecule has 1 aromatic rings. The smallest absolute Gasteiger partial charge is 0.0693 e. The van der Waals surface area contributed by atoms with Crippen LogP contribution in [-0.4, -0.2) is 23.1 Å². The molecule has 1 aliphatic heterocycles. The summed E-state index contributed by atoms with van der Waals surface area (Å²) < 4.78 is 5.52. The van der Waals surface area contributed by atoms with E-state index < -0.39 is 0 Å². The Kier molecular flexibility index (Phi) is 4.14. The molecule has 2 atom stereocenters. The van der Waals surface area contributed by atoms with Gasteiger partial charge in [0.15, 0.2) is 0 Å². The van der Waals surface area contributed by atoms with E-state index in [2.05, 4.69) is 6.92 Å². The number of rotatable bonds is 3. The summed E-state index contributed by atoms with van der Waals surface area (Å²) in [6.45, 7) is 2.93. The number of ether oxygens (including phenoxy) is 1. The Morgan fingerprint density at radius 1 is 1.56 bits per heavy atom. The first-order valence-electron chi connectivity index (χ1n) is 5.39. The first-order valence-corrected chi connectivity index (χ1v) is 6.64. The Morgan fingerprint density at radius 2 is 2.38 bits per heavy atom. The second-order valence-corrected chi connectivity index (χ2v) is 5.56. The van der Waals surface area contributed by atoms with Crippen molar-refractivity contribution < 1.29 is 9.84 Å². The topological polar surface area (TPSA) is 29.5 Å². The number of hydrogen-bond donors (Lipinski definition) is 1. The standard InChI is InChI=1S/C12H15ClO2S/c1-8-11(5-6-15-8)16-12-9(7-14)3-2-4-10(12)13/h2-4,8,11,14H,5-7H2,1H3. The van der Waals surface area contributed by atoms with Crippen LogP contribution in [0.2, 0.25) is 5.02 Å². The number of hydrogen-bond acceptors (Lipinski definition) is 3. The molecule has 0 radical (unpaired) electrons. The summed E-state index contributed by atoms with van der Waals surface area (Å²) in [4.78, 5) is 0.994. The molecule has 1 fully saturated rings. The van der Waals surface area contributed by atoms with Gasteiger partial charge in [-0.3, -0.25) is 0 Å². The summed E-state index contributed by atoms with van der Waals surface area (Å²) in [7, 11) is 0. The van der Waals surface area contributed by atoms with Gasteiger partial charge < -0.3 is 9.84 Å². The van der Waals surface area contributed by atoms with Gasteiger partial charge in [-0.25, -0.2) is 0 Å². The minimum atomic E-state index is 0.0326. The zero-order valence-corrected chi connectivity index (χ0v) is 10.7. The highest BCUT2D eigenvalue weighted by Gasteiger charge is 2.26. The van der Waals surface area contributed by atoms with E-state index >= 15 is 0 Å². The second-order valence-electron chi connectivity index (χ2n) is 3.91. The molecule has 4 heteroatoms. The van der Waals surface area contributed by atoms with E-state index in [0.29, 0.717) is 5.25 Å². The Hall–Kier alpha value is -0.220. The van der Waals surface area contributed by atoms with Crippen molar-refractivity contribution in [2.75, 3.05) is 6.61 Å². The lowest BCUT2D eigenvalue weighted by Crippen LogP contribution is -2.13. The maximum Gasteiger partial charge on any atom is 0.0693 e. The predicted molar refractivity (Wildman–Crippen MR) is 67.1 cm³/mol. The van der Waals surface area contributed by atoms with Crippen LogP contribution in [0, 0.1) is 0 Å². The van der Waals surface area contributed by atoms with Gasteiger partial charge >= 0.3 is 0 Å². The Morgan fingerprint density at radius 3 is 3.00 bits per heavy atom. The number of aliphatic hydroxyl groups excluding tert-OH is 1. The van der Waals surface area contributed by atoms with Gasteiger partial charge in [0.2, 0.25) is 0 Å². The molecule has 1 aromatic carbocycles. The summed E-state index contributed by atoms with van der Waals surface area (Å²) in [5.74, 6) is 0. The molecule has 0 aromatic heterocycles. The molecule has 88 valence electrons. The highest BCUT2D eigenvalue weighted by Crippen LogP contribution is 2.38. The quantitative estimate of drug-likeness (QED) is 0.904. The predicted octanol–water partition coefficient (Wildman–Crippen LogP) is 3.10. The first-order chi connectivity index (χ1) is 7.72. The fraction of sp³-hybridized carbons (Fsp3) is 0.500. The Balaban J connectivity index is 2.19. The minimum Gasteiger partial charge on any atom is -0.392 e. The number of halogens is 1. The third kappa shape index (κ3) is 2.54. The molecular formula is C12H15ClO2S. The highest BCUT2D eigenvalue weighted by molar-refractivity contribution is 8.00. The number of benzene rings is 1. The van der Waals surface area contributed by atoms with Crippen molar-refractivity contribution in [1.29, 1.82) is 0 Å². The van der Waals surface area contributed by atoms with Crippen LogP contribution in [0.4, 0.5) is 0 Å². The van der Waals surface area contributed by atoms with Crippen LogP contribution in [0.1, 0.15) is 18.9 Å². The third-order valence-corrected chi connectivity index (χ3v) is 4.86. The van der Waals surface area contributed by atoms with Crippen molar-refractivity contribution in [3.05, 3.63) is 28.8 Å². The van der Waals surface area contributed by atoms with Gasteiger partial charge in [0, 0.05) is 16.8 Å². The molecule has 0 amide bonds. The zero-order valence-electron chi connectivity index (χ0n) is 9.15. The Labute approximate surface area is 105 Å². The van der Waals surface area contributed by atoms with E-state index in [9.17, 15) is 5.11 Å². The van der Waals surface area contributed by atoms with Gasteiger partial charge in [0.25, 0.3) is 0 Å². The Bertz CT molecular complexity index is 370. The third-order valence-electron chi connectivity index (χ3n) is 2.79. The normalized spacial score (nSPS) is 24.9. The van der Waals surface area contributed by atoms with Crippen molar-refractivity contribution in [2.24, 2.45) is 0 Å². The maximum atomic E-state index is 9.28.